The minimum atomic E-state index is -1.09. The van der Waals surface area contributed by atoms with E-state index >= 15 is 0 Å². The third-order valence-corrected chi connectivity index (χ3v) is 3.25. The fourth-order valence-electron chi connectivity index (χ4n) is 1.58. The maximum atomic E-state index is 13.7. The SMILES string of the molecule is O=[N+]([O-])c1ccc(OCc2c(F)ccc(Br)c2F)cc1F. The summed E-state index contributed by atoms with van der Waals surface area (Å²) in [6, 6.07) is 5.11. The van der Waals surface area contributed by atoms with Gasteiger partial charge < -0.3 is 4.74 Å². The van der Waals surface area contributed by atoms with Crippen LogP contribution in [-0.2, 0) is 6.61 Å². The van der Waals surface area contributed by atoms with E-state index in [1.165, 1.54) is 6.07 Å². The van der Waals surface area contributed by atoms with Gasteiger partial charge in [0.15, 0.2) is 0 Å². The molecule has 8 heteroatoms. The normalized spacial score (nSPS) is 10.5. The monoisotopic (exact) mass is 361 g/mol. The molecule has 0 aliphatic heterocycles. The van der Waals surface area contributed by atoms with E-state index in [0.29, 0.717) is 0 Å². The molecule has 0 radical (unpaired) electrons. The largest absolute Gasteiger partial charge is 0.489 e. The first-order chi connectivity index (χ1) is 9.90. The molecule has 0 heterocycles. The van der Waals surface area contributed by atoms with E-state index in [4.69, 9.17) is 4.74 Å². The molecule has 0 N–H and O–H groups in total. The van der Waals surface area contributed by atoms with Gasteiger partial charge in [0.05, 0.1) is 15.0 Å². The van der Waals surface area contributed by atoms with Crippen LogP contribution < -0.4 is 4.74 Å². The van der Waals surface area contributed by atoms with Crippen molar-refractivity contribution in [3.63, 3.8) is 0 Å². The molecule has 21 heavy (non-hydrogen) atoms. The lowest BCUT2D eigenvalue weighted by molar-refractivity contribution is -0.387. The number of nitrogens with zero attached hydrogens (tertiary/aromatic N) is 1. The van der Waals surface area contributed by atoms with Crippen LogP contribution >= 0.6 is 15.9 Å². The van der Waals surface area contributed by atoms with E-state index in [0.717, 1.165) is 24.3 Å². The van der Waals surface area contributed by atoms with Crippen LogP contribution in [0.2, 0.25) is 0 Å². The summed E-state index contributed by atoms with van der Waals surface area (Å²) in [4.78, 5) is 9.58. The Labute approximate surface area is 125 Å². The molecule has 0 saturated heterocycles. The Morgan fingerprint density at radius 3 is 2.48 bits per heavy atom. The van der Waals surface area contributed by atoms with Gasteiger partial charge in [0, 0.05) is 12.1 Å². The molecule has 0 spiro atoms. The predicted octanol–water partition coefficient (Wildman–Crippen LogP) is 4.35. The summed E-state index contributed by atoms with van der Waals surface area (Å²) in [7, 11) is 0. The Hall–Kier alpha value is -2.09. The van der Waals surface area contributed by atoms with Gasteiger partial charge in [0.25, 0.3) is 0 Å². The van der Waals surface area contributed by atoms with Crippen molar-refractivity contribution in [1.82, 2.24) is 0 Å². The standard InChI is InChI=1S/C13H7BrF3NO3/c14-9-2-3-10(15)8(13(9)17)6-21-7-1-4-12(18(19)20)11(16)5-7/h1-5H,6H2. The molecule has 0 bridgehead atoms. The summed E-state index contributed by atoms with van der Waals surface area (Å²) >= 11 is 2.91. The number of rotatable bonds is 4. The maximum absolute atomic E-state index is 13.7. The van der Waals surface area contributed by atoms with Crippen LogP contribution in [-0.4, -0.2) is 4.92 Å². The zero-order valence-corrected chi connectivity index (χ0v) is 11.9. The average molecular weight is 362 g/mol. The first-order valence-corrected chi connectivity index (χ1v) is 6.38. The lowest BCUT2D eigenvalue weighted by Gasteiger charge is -2.09. The molecule has 2 aromatic rings. The molecule has 0 aliphatic carbocycles. The van der Waals surface area contributed by atoms with Crippen LogP contribution in [0.4, 0.5) is 18.9 Å². The molecule has 0 aromatic heterocycles. The number of benzene rings is 2. The quantitative estimate of drug-likeness (QED) is 0.462. The van der Waals surface area contributed by atoms with Gasteiger partial charge in [-0.15, -0.1) is 0 Å². The van der Waals surface area contributed by atoms with Crippen molar-refractivity contribution < 1.29 is 22.8 Å². The summed E-state index contributed by atoms with van der Waals surface area (Å²) in [6.07, 6.45) is 0. The van der Waals surface area contributed by atoms with Crippen LogP contribution in [0.3, 0.4) is 0 Å². The van der Waals surface area contributed by atoms with E-state index in [-0.39, 0.29) is 15.8 Å². The van der Waals surface area contributed by atoms with Crippen molar-refractivity contribution in [2.45, 2.75) is 6.61 Å². The van der Waals surface area contributed by atoms with Crippen LogP contribution in [0.5, 0.6) is 5.75 Å². The lowest BCUT2D eigenvalue weighted by Crippen LogP contribution is -2.03. The van der Waals surface area contributed by atoms with Gasteiger partial charge >= 0.3 is 5.69 Å². The van der Waals surface area contributed by atoms with Crippen LogP contribution in [0.25, 0.3) is 0 Å². The minimum Gasteiger partial charge on any atom is -0.489 e. The molecule has 4 nitrogen and oxygen atoms in total. The first-order valence-electron chi connectivity index (χ1n) is 5.59. The number of hydrogen-bond acceptors (Lipinski definition) is 3. The zero-order chi connectivity index (χ0) is 15.6. The van der Waals surface area contributed by atoms with Crippen molar-refractivity contribution in [2.75, 3.05) is 0 Å². The molecule has 0 atom stereocenters. The zero-order valence-electron chi connectivity index (χ0n) is 10.3. The van der Waals surface area contributed by atoms with Crippen molar-refractivity contribution >= 4 is 21.6 Å². The third-order valence-electron chi connectivity index (χ3n) is 2.64. The van der Waals surface area contributed by atoms with Crippen molar-refractivity contribution in [1.29, 1.82) is 0 Å². The topological polar surface area (TPSA) is 52.4 Å². The Morgan fingerprint density at radius 1 is 1.14 bits per heavy atom. The van der Waals surface area contributed by atoms with Crippen LogP contribution in [0, 0.1) is 27.6 Å². The van der Waals surface area contributed by atoms with Crippen LogP contribution in [0.15, 0.2) is 34.8 Å². The second kappa shape index (κ2) is 6.13. The highest BCUT2D eigenvalue weighted by molar-refractivity contribution is 9.10. The first kappa shape index (κ1) is 15.3. The summed E-state index contributed by atoms with van der Waals surface area (Å²) in [5, 5.41) is 10.5. The number of nitro benzene ring substituents is 1. The highest BCUT2D eigenvalue weighted by Gasteiger charge is 2.16. The summed E-state index contributed by atoms with van der Waals surface area (Å²) in [5.74, 6) is -2.79. The predicted molar refractivity (Wildman–Crippen MR) is 71.4 cm³/mol. The minimum absolute atomic E-state index is 0.0670. The Bertz CT molecular complexity index is 709. The van der Waals surface area contributed by atoms with Crippen molar-refractivity contribution in [3.05, 3.63) is 67.9 Å². The Morgan fingerprint density at radius 2 is 1.86 bits per heavy atom. The molecular weight excluding hydrogens is 355 g/mol. The van der Waals surface area contributed by atoms with Gasteiger partial charge in [-0.2, -0.15) is 4.39 Å². The van der Waals surface area contributed by atoms with Gasteiger partial charge in [-0.1, -0.05) is 0 Å². The Balaban J connectivity index is 2.19. The summed E-state index contributed by atoms with van der Waals surface area (Å²) < 4.78 is 45.7. The van der Waals surface area contributed by atoms with Gasteiger partial charge in [0.2, 0.25) is 5.82 Å². The number of halogens is 4. The summed E-state index contributed by atoms with van der Waals surface area (Å²) in [6.45, 7) is -0.478. The second-order valence-electron chi connectivity index (χ2n) is 3.98. The van der Waals surface area contributed by atoms with Gasteiger partial charge in [-0.05, 0) is 34.1 Å². The van der Waals surface area contributed by atoms with Crippen molar-refractivity contribution in [3.8, 4) is 5.75 Å². The van der Waals surface area contributed by atoms with E-state index in [1.54, 1.807) is 0 Å². The third kappa shape index (κ3) is 3.33. The molecule has 0 fully saturated rings. The number of ether oxygens (including phenoxy) is 1. The molecular formula is C13H7BrF3NO3. The highest BCUT2D eigenvalue weighted by atomic mass is 79.9. The molecule has 0 saturated carbocycles. The van der Waals surface area contributed by atoms with E-state index < -0.39 is 34.7 Å². The fraction of sp³-hybridized carbons (Fsp3) is 0.0769. The molecule has 0 unspecified atom stereocenters. The number of hydrogen-bond donors (Lipinski definition) is 0. The molecule has 0 amide bonds. The van der Waals surface area contributed by atoms with Crippen molar-refractivity contribution in [2.24, 2.45) is 0 Å². The van der Waals surface area contributed by atoms with E-state index in [1.807, 2.05) is 0 Å². The Kier molecular flexibility index (Phi) is 4.46. The number of nitro groups is 1. The average Bonchev–Trinajstić information content (AvgIpc) is 2.43. The fourth-order valence-corrected chi connectivity index (χ4v) is 1.95. The maximum Gasteiger partial charge on any atom is 0.305 e. The van der Waals surface area contributed by atoms with Gasteiger partial charge in [0.1, 0.15) is 24.0 Å². The van der Waals surface area contributed by atoms with E-state index in [2.05, 4.69) is 15.9 Å². The smallest absolute Gasteiger partial charge is 0.305 e. The molecule has 2 rings (SSSR count). The molecule has 2 aromatic carbocycles. The van der Waals surface area contributed by atoms with Crippen LogP contribution in [0.1, 0.15) is 5.56 Å². The summed E-state index contributed by atoms with van der Waals surface area (Å²) in [5.41, 5.74) is -1.04. The van der Waals surface area contributed by atoms with E-state index in [9.17, 15) is 23.3 Å². The molecule has 110 valence electrons. The second-order valence-corrected chi connectivity index (χ2v) is 4.84. The molecule has 0 aliphatic rings. The van der Waals surface area contributed by atoms with Gasteiger partial charge in [-0.25, -0.2) is 8.78 Å². The van der Waals surface area contributed by atoms with Gasteiger partial charge in [-0.3, -0.25) is 10.1 Å². The lowest BCUT2D eigenvalue weighted by atomic mass is 10.2. The highest BCUT2D eigenvalue weighted by Crippen LogP contribution is 2.25.